The van der Waals surface area contributed by atoms with Crippen molar-refractivity contribution in [1.29, 1.82) is 0 Å². The molecule has 4 rings (SSSR count). The molecule has 2 aliphatic heterocycles. The number of aryl methyl sites for hydroxylation is 1. The maximum absolute atomic E-state index is 13.1. The van der Waals surface area contributed by atoms with Gasteiger partial charge in [0, 0.05) is 18.7 Å². The summed E-state index contributed by atoms with van der Waals surface area (Å²) >= 11 is 0. The Bertz CT molecular complexity index is 1360. The molecule has 2 aromatic carbocycles. The molecule has 208 valence electrons. The molecular formula is C26H29N3O9S. The maximum atomic E-state index is 13.1. The summed E-state index contributed by atoms with van der Waals surface area (Å²) in [6.07, 6.45) is 0.138. The first-order chi connectivity index (χ1) is 18.7. The maximum Gasteiger partial charge on any atom is 0.297 e. The second-order valence-electron chi connectivity index (χ2n) is 8.92. The van der Waals surface area contributed by atoms with Gasteiger partial charge in [-0.15, -0.1) is 0 Å². The first-order valence-corrected chi connectivity index (χ1v) is 13.8. The number of hydrogen-bond donors (Lipinski definition) is 2. The van der Waals surface area contributed by atoms with Gasteiger partial charge in [-0.25, -0.2) is 0 Å². The van der Waals surface area contributed by atoms with Crippen molar-refractivity contribution in [2.45, 2.75) is 30.7 Å². The average Bonchev–Trinajstić information content (AvgIpc) is 3.15. The fourth-order valence-corrected chi connectivity index (χ4v) is 5.11. The zero-order chi connectivity index (χ0) is 28.0. The van der Waals surface area contributed by atoms with E-state index in [-0.39, 0.29) is 61.9 Å². The molecule has 2 aromatic rings. The van der Waals surface area contributed by atoms with Crippen LogP contribution >= 0.6 is 0 Å². The second-order valence-corrected chi connectivity index (χ2v) is 10.5. The highest BCUT2D eigenvalue weighted by atomic mass is 32.2. The third kappa shape index (κ3) is 6.68. The average molecular weight is 560 g/mol. The molecule has 0 bridgehead atoms. The van der Waals surface area contributed by atoms with Crippen LogP contribution in [-0.2, 0) is 33.4 Å². The highest BCUT2D eigenvalue weighted by molar-refractivity contribution is 7.86. The van der Waals surface area contributed by atoms with Gasteiger partial charge in [0.1, 0.15) is 6.04 Å². The quantitative estimate of drug-likeness (QED) is 0.208. The first kappa shape index (κ1) is 28.4. The molecule has 1 atom stereocenters. The van der Waals surface area contributed by atoms with Crippen molar-refractivity contribution in [3.8, 4) is 0 Å². The molecule has 2 heterocycles. The van der Waals surface area contributed by atoms with Crippen LogP contribution in [0.5, 0.6) is 0 Å². The van der Waals surface area contributed by atoms with Gasteiger partial charge in [-0.1, -0.05) is 23.8 Å². The number of nitrogens with zero attached hydrogens (tertiary/aromatic N) is 1. The van der Waals surface area contributed by atoms with Crippen molar-refractivity contribution in [3.63, 3.8) is 0 Å². The van der Waals surface area contributed by atoms with Crippen LogP contribution in [0.15, 0.2) is 47.4 Å². The Labute approximate surface area is 225 Å². The fourth-order valence-electron chi connectivity index (χ4n) is 4.22. The number of imide groups is 2. The highest BCUT2D eigenvalue weighted by Crippen LogP contribution is 2.32. The monoisotopic (exact) mass is 559 g/mol. The molecular weight excluding hydrogens is 530 g/mol. The Morgan fingerprint density at radius 3 is 2.33 bits per heavy atom. The summed E-state index contributed by atoms with van der Waals surface area (Å²) in [6, 6.07) is 10.1. The summed E-state index contributed by atoms with van der Waals surface area (Å²) in [6.45, 7) is 2.88. The Balaban J connectivity index is 1.16. The normalized spacial score (nSPS) is 17.4. The van der Waals surface area contributed by atoms with Gasteiger partial charge >= 0.3 is 0 Å². The van der Waals surface area contributed by atoms with Gasteiger partial charge in [0.05, 0.1) is 49.1 Å². The minimum Gasteiger partial charge on any atom is -0.382 e. The van der Waals surface area contributed by atoms with Crippen LogP contribution in [0.1, 0.15) is 39.1 Å². The molecule has 0 spiro atoms. The Kier molecular flexibility index (Phi) is 9.07. The van der Waals surface area contributed by atoms with Crippen molar-refractivity contribution in [3.05, 3.63) is 59.2 Å². The first-order valence-electron chi connectivity index (χ1n) is 12.4. The van der Waals surface area contributed by atoms with E-state index in [0.717, 1.165) is 10.5 Å². The number of benzene rings is 2. The predicted octanol–water partition coefficient (Wildman–Crippen LogP) is 1.25. The molecule has 1 unspecified atom stereocenters. The van der Waals surface area contributed by atoms with Crippen molar-refractivity contribution < 1.29 is 41.3 Å². The lowest BCUT2D eigenvalue weighted by Crippen LogP contribution is -2.54. The minimum atomic E-state index is -3.84. The van der Waals surface area contributed by atoms with Gasteiger partial charge < -0.3 is 14.8 Å². The number of carbonyl (C=O) groups excluding carboxylic acids is 4. The van der Waals surface area contributed by atoms with Gasteiger partial charge in [0.25, 0.3) is 21.9 Å². The number of fused-ring (bicyclic) bond motifs is 1. The van der Waals surface area contributed by atoms with Crippen molar-refractivity contribution in [1.82, 2.24) is 10.2 Å². The molecule has 39 heavy (non-hydrogen) atoms. The van der Waals surface area contributed by atoms with Crippen molar-refractivity contribution in [2.75, 3.05) is 44.9 Å². The third-order valence-electron chi connectivity index (χ3n) is 6.18. The molecule has 2 aliphatic rings. The van der Waals surface area contributed by atoms with Crippen LogP contribution in [0.3, 0.4) is 0 Å². The van der Waals surface area contributed by atoms with Gasteiger partial charge in [-0.3, -0.25) is 33.6 Å². The molecule has 4 amide bonds. The topological polar surface area (TPSA) is 157 Å². The molecule has 0 radical (unpaired) electrons. The standard InChI is InChI=1S/C26H29N3O9S/c1-17-5-7-18(8-6-17)39(34,35)38-16-15-37-14-13-36-12-11-27-20-4-2-3-19-23(20)26(33)29(25(19)32)21-9-10-22(30)28-24(21)31/h2-8,21,27H,9-16H2,1H3,(H,28,30,31). The summed E-state index contributed by atoms with van der Waals surface area (Å²) in [5.41, 5.74) is 1.75. The van der Waals surface area contributed by atoms with E-state index in [4.69, 9.17) is 13.7 Å². The fraction of sp³-hybridized carbons (Fsp3) is 0.385. The third-order valence-corrected chi connectivity index (χ3v) is 7.50. The predicted molar refractivity (Wildman–Crippen MR) is 138 cm³/mol. The summed E-state index contributed by atoms with van der Waals surface area (Å²) < 4.78 is 40.0. The van der Waals surface area contributed by atoms with Crippen molar-refractivity contribution >= 4 is 39.4 Å². The van der Waals surface area contributed by atoms with Crippen LogP contribution in [0, 0.1) is 6.92 Å². The van der Waals surface area contributed by atoms with E-state index in [0.29, 0.717) is 12.2 Å². The Hall–Kier alpha value is -3.65. The van der Waals surface area contributed by atoms with Crippen LogP contribution in [-0.4, -0.2) is 82.6 Å². The number of carbonyl (C=O) groups is 4. The smallest absolute Gasteiger partial charge is 0.297 e. The van der Waals surface area contributed by atoms with Crippen molar-refractivity contribution in [2.24, 2.45) is 0 Å². The summed E-state index contributed by atoms with van der Waals surface area (Å²) in [5.74, 6) is -2.25. The molecule has 0 saturated carbocycles. The number of rotatable bonds is 13. The Morgan fingerprint density at radius 2 is 1.62 bits per heavy atom. The highest BCUT2D eigenvalue weighted by Gasteiger charge is 2.45. The largest absolute Gasteiger partial charge is 0.382 e. The Morgan fingerprint density at radius 1 is 0.923 bits per heavy atom. The number of hydrogen-bond acceptors (Lipinski definition) is 10. The van der Waals surface area contributed by atoms with Crippen LogP contribution < -0.4 is 10.6 Å². The van der Waals surface area contributed by atoms with Gasteiger partial charge in [-0.05, 0) is 37.6 Å². The van der Waals surface area contributed by atoms with Crippen LogP contribution in [0.25, 0.3) is 0 Å². The van der Waals surface area contributed by atoms with Crippen LogP contribution in [0.2, 0.25) is 0 Å². The van der Waals surface area contributed by atoms with E-state index in [2.05, 4.69) is 10.6 Å². The van der Waals surface area contributed by atoms with Gasteiger partial charge in [-0.2, -0.15) is 8.42 Å². The molecule has 1 saturated heterocycles. The lowest BCUT2D eigenvalue weighted by Gasteiger charge is -2.27. The number of nitrogens with one attached hydrogen (secondary N) is 2. The van der Waals surface area contributed by atoms with Crippen LogP contribution in [0.4, 0.5) is 5.69 Å². The molecule has 13 heteroatoms. The lowest BCUT2D eigenvalue weighted by atomic mass is 10.0. The zero-order valence-electron chi connectivity index (χ0n) is 21.3. The summed E-state index contributed by atoms with van der Waals surface area (Å²) in [4.78, 5) is 50.6. The van der Waals surface area contributed by atoms with E-state index in [1.165, 1.54) is 18.2 Å². The number of anilines is 1. The van der Waals surface area contributed by atoms with Gasteiger partial charge in [0.2, 0.25) is 11.8 Å². The zero-order valence-corrected chi connectivity index (χ0v) is 22.1. The van der Waals surface area contributed by atoms with E-state index in [1.54, 1.807) is 24.3 Å². The summed E-state index contributed by atoms with van der Waals surface area (Å²) in [7, 11) is -3.84. The molecule has 1 fully saturated rings. The summed E-state index contributed by atoms with van der Waals surface area (Å²) in [5, 5.41) is 5.25. The lowest BCUT2D eigenvalue weighted by molar-refractivity contribution is -0.136. The minimum absolute atomic E-state index is 0.0511. The van der Waals surface area contributed by atoms with E-state index >= 15 is 0 Å². The van der Waals surface area contributed by atoms with Gasteiger partial charge in [0.15, 0.2) is 0 Å². The molecule has 12 nitrogen and oxygen atoms in total. The molecule has 0 aliphatic carbocycles. The number of ether oxygens (including phenoxy) is 2. The van der Waals surface area contributed by atoms with E-state index in [1.807, 2.05) is 6.92 Å². The van der Waals surface area contributed by atoms with E-state index < -0.39 is 39.8 Å². The molecule has 0 aromatic heterocycles. The number of amides is 4. The number of piperidine rings is 1. The molecule has 2 N–H and O–H groups in total. The van der Waals surface area contributed by atoms with E-state index in [9.17, 15) is 27.6 Å². The second kappa shape index (κ2) is 12.5. The SMILES string of the molecule is Cc1ccc(S(=O)(=O)OCCOCCOCCNc2cccc3c2C(=O)N(C2CCC(=O)NC2=O)C3=O)cc1.